The van der Waals surface area contributed by atoms with Crippen LogP contribution in [0.2, 0.25) is 0 Å². The number of fused-ring (bicyclic) bond motifs is 5. The molecule has 0 saturated heterocycles. The van der Waals surface area contributed by atoms with Crippen molar-refractivity contribution in [3.63, 3.8) is 0 Å². The molecule has 4 aliphatic carbocycles. The first kappa shape index (κ1) is 25.2. The third-order valence-corrected chi connectivity index (χ3v) is 11.7. The minimum absolute atomic E-state index is 0.105. The lowest BCUT2D eigenvalue weighted by molar-refractivity contribution is -0.0565. The van der Waals surface area contributed by atoms with E-state index in [1.165, 1.54) is 55.2 Å². The highest BCUT2D eigenvalue weighted by Gasteiger charge is 2.59. The van der Waals surface area contributed by atoms with Crippen LogP contribution in [0.1, 0.15) is 89.7 Å². The molecule has 6 rings (SSSR count). The lowest BCUT2D eigenvalue weighted by atomic mass is 9.47. The van der Waals surface area contributed by atoms with Crippen molar-refractivity contribution in [2.24, 2.45) is 40.4 Å². The van der Waals surface area contributed by atoms with Crippen molar-refractivity contribution in [1.29, 1.82) is 0 Å². The summed E-state index contributed by atoms with van der Waals surface area (Å²) in [5.41, 5.74) is 6.45. The van der Waals surface area contributed by atoms with Gasteiger partial charge in [0.25, 0.3) is 0 Å². The average molecular weight is 495 g/mol. The number of hydrogen-bond donors (Lipinski definition) is 1. The van der Waals surface area contributed by atoms with Crippen molar-refractivity contribution in [2.45, 2.75) is 84.7 Å². The summed E-state index contributed by atoms with van der Waals surface area (Å²) >= 11 is 0. The fourth-order valence-electron chi connectivity index (χ4n) is 9.72. The summed E-state index contributed by atoms with van der Waals surface area (Å²) < 4.78 is 0. The molecule has 0 aliphatic heterocycles. The van der Waals surface area contributed by atoms with E-state index in [4.69, 9.17) is 0 Å². The molecule has 1 heteroatoms. The molecule has 0 spiro atoms. The number of allylic oxidation sites excluding steroid dienone is 2. The maximum Gasteiger partial charge on any atom is 0.0577 e. The SMILES string of the molecule is C[C@H](CC=C(c1ccccc1)c1ccccc1)[C@H]1CC[C@@H]2[C@@H]3CC=C4C[C@@H](O)CC[C@]4(C)[C@H]3CC[C@@]21C. The predicted molar refractivity (Wildman–Crippen MR) is 155 cm³/mol. The fraction of sp³-hybridized carbons (Fsp3) is 0.556. The van der Waals surface area contributed by atoms with Crippen molar-refractivity contribution < 1.29 is 5.11 Å². The summed E-state index contributed by atoms with van der Waals surface area (Å²) in [5.74, 6) is 4.05. The van der Waals surface area contributed by atoms with Crippen LogP contribution in [0.3, 0.4) is 0 Å². The van der Waals surface area contributed by atoms with Gasteiger partial charge >= 0.3 is 0 Å². The molecule has 4 aliphatic rings. The van der Waals surface area contributed by atoms with E-state index in [0.29, 0.717) is 16.7 Å². The third-order valence-electron chi connectivity index (χ3n) is 11.7. The second kappa shape index (κ2) is 9.88. The summed E-state index contributed by atoms with van der Waals surface area (Å²) in [4.78, 5) is 0. The molecule has 1 N–H and O–H groups in total. The van der Waals surface area contributed by atoms with Gasteiger partial charge in [-0.3, -0.25) is 0 Å². The normalized spacial score (nSPS) is 37.5. The summed E-state index contributed by atoms with van der Waals surface area (Å²) in [7, 11) is 0. The van der Waals surface area contributed by atoms with Gasteiger partial charge in [0.1, 0.15) is 0 Å². The standard InChI is InChI=1S/C36H46O/c1-25(14-16-30(26-10-6-4-7-11-26)27-12-8-5-9-13-27)32-18-19-33-31-17-15-28-24-29(37)20-22-35(28,2)34(31)21-23-36(32,33)3/h4-13,15-16,25,29,31-34,37H,14,17-24H2,1-3H3/t25-,29+,31+,32-,33-,34+,35+,36-/m1/s1. The van der Waals surface area contributed by atoms with Gasteiger partial charge in [-0.2, -0.15) is 0 Å². The van der Waals surface area contributed by atoms with E-state index in [1.807, 2.05) is 0 Å². The van der Waals surface area contributed by atoms with Crippen LogP contribution in [0, 0.1) is 40.4 Å². The van der Waals surface area contributed by atoms with Gasteiger partial charge in [0.2, 0.25) is 0 Å². The lowest BCUT2D eigenvalue weighted by Gasteiger charge is -2.58. The van der Waals surface area contributed by atoms with E-state index in [0.717, 1.165) is 42.9 Å². The number of aliphatic hydroxyl groups is 1. The van der Waals surface area contributed by atoms with Gasteiger partial charge in [0, 0.05) is 0 Å². The van der Waals surface area contributed by atoms with Gasteiger partial charge in [-0.1, -0.05) is 99.2 Å². The molecule has 3 saturated carbocycles. The number of hydrogen-bond acceptors (Lipinski definition) is 1. The Hall–Kier alpha value is -2.12. The molecule has 0 heterocycles. The van der Waals surface area contributed by atoms with Gasteiger partial charge in [-0.15, -0.1) is 0 Å². The molecule has 196 valence electrons. The van der Waals surface area contributed by atoms with E-state index in [9.17, 15) is 5.11 Å². The number of rotatable bonds is 5. The Morgan fingerprint density at radius 1 is 0.892 bits per heavy atom. The molecule has 37 heavy (non-hydrogen) atoms. The minimum atomic E-state index is -0.105. The van der Waals surface area contributed by atoms with E-state index in [1.54, 1.807) is 5.57 Å². The zero-order valence-corrected chi connectivity index (χ0v) is 23.2. The summed E-state index contributed by atoms with van der Waals surface area (Å²) in [5, 5.41) is 10.3. The molecule has 3 fully saturated rings. The first-order valence-corrected chi connectivity index (χ1v) is 15.1. The summed E-state index contributed by atoms with van der Waals surface area (Å²) in [6.07, 6.45) is 16.2. The first-order chi connectivity index (χ1) is 17.9. The third kappa shape index (κ3) is 4.36. The monoisotopic (exact) mass is 494 g/mol. The molecule has 2 aromatic rings. The maximum absolute atomic E-state index is 10.3. The fourth-order valence-corrected chi connectivity index (χ4v) is 9.72. The highest BCUT2D eigenvalue weighted by Crippen LogP contribution is 2.67. The molecule has 2 aromatic carbocycles. The Bertz CT molecular complexity index is 1100. The van der Waals surface area contributed by atoms with Crippen LogP contribution in [0.25, 0.3) is 5.57 Å². The number of benzene rings is 2. The van der Waals surface area contributed by atoms with E-state index in [-0.39, 0.29) is 6.10 Å². The molecule has 1 nitrogen and oxygen atoms in total. The quantitative estimate of drug-likeness (QED) is 0.411. The Kier molecular flexibility index (Phi) is 6.72. The highest BCUT2D eigenvalue weighted by atomic mass is 16.3. The van der Waals surface area contributed by atoms with Crippen LogP contribution in [0.4, 0.5) is 0 Å². The molecule has 8 atom stereocenters. The molecular formula is C36H46O. The molecule has 0 bridgehead atoms. The predicted octanol–water partition coefficient (Wildman–Crippen LogP) is 9.08. The molecule has 0 aromatic heterocycles. The van der Waals surface area contributed by atoms with Gasteiger partial charge in [0.15, 0.2) is 0 Å². The Labute approximate surface area is 225 Å². The van der Waals surface area contributed by atoms with Crippen LogP contribution in [-0.4, -0.2) is 11.2 Å². The van der Waals surface area contributed by atoms with Crippen molar-refractivity contribution in [2.75, 3.05) is 0 Å². The van der Waals surface area contributed by atoms with Gasteiger partial charge in [-0.25, -0.2) is 0 Å². The zero-order chi connectivity index (χ0) is 25.6. The van der Waals surface area contributed by atoms with Crippen LogP contribution in [-0.2, 0) is 0 Å². The lowest BCUT2D eigenvalue weighted by Crippen LogP contribution is -2.50. The van der Waals surface area contributed by atoms with E-state index in [2.05, 4.69) is 93.6 Å². The summed E-state index contributed by atoms with van der Waals surface area (Å²) in [6.45, 7) is 7.77. The second-order valence-corrected chi connectivity index (χ2v) is 13.4. The van der Waals surface area contributed by atoms with Crippen molar-refractivity contribution in [1.82, 2.24) is 0 Å². The van der Waals surface area contributed by atoms with Crippen LogP contribution in [0.15, 0.2) is 78.4 Å². The van der Waals surface area contributed by atoms with Crippen LogP contribution >= 0.6 is 0 Å². The number of aliphatic hydroxyl groups excluding tert-OH is 1. The zero-order valence-electron chi connectivity index (χ0n) is 23.2. The smallest absolute Gasteiger partial charge is 0.0577 e. The highest BCUT2D eigenvalue weighted by molar-refractivity contribution is 5.79. The topological polar surface area (TPSA) is 20.2 Å². The second-order valence-electron chi connectivity index (χ2n) is 13.4. The Balaban J connectivity index is 1.22. The molecule has 0 unspecified atom stereocenters. The van der Waals surface area contributed by atoms with Crippen molar-refractivity contribution in [3.05, 3.63) is 89.5 Å². The average Bonchev–Trinajstić information content (AvgIpc) is 3.28. The first-order valence-electron chi connectivity index (χ1n) is 15.1. The maximum atomic E-state index is 10.3. The van der Waals surface area contributed by atoms with Crippen LogP contribution < -0.4 is 0 Å². The van der Waals surface area contributed by atoms with Gasteiger partial charge in [-0.05, 0) is 115 Å². The van der Waals surface area contributed by atoms with Crippen molar-refractivity contribution in [3.8, 4) is 0 Å². The Morgan fingerprint density at radius 3 is 2.24 bits per heavy atom. The van der Waals surface area contributed by atoms with E-state index < -0.39 is 0 Å². The van der Waals surface area contributed by atoms with E-state index >= 15 is 0 Å². The Morgan fingerprint density at radius 2 is 1.57 bits per heavy atom. The van der Waals surface area contributed by atoms with Crippen LogP contribution in [0.5, 0.6) is 0 Å². The minimum Gasteiger partial charge on any atom is -0.393 e. The van der Waals surface area contributed by atoms with Crippen molar-refractivity contribution >= 4 is 5.57 Å². The molecular weight excluding hydrogens is 448 g/mol. The molecule has 0 radical (unpaired) electrons. The summed E-state index contributed by atoms with van der Waals surface area (Å²) in [6, 6.07) is 21.9. The van der Waals surface area contributed by atoms with Gasteiger partial charge in [0.05, 0.1) is 6.10 Å². The molecule has 0 amide bonds. The van der Waals surface area contributed by atoms with Gasteiger partial charge < -0.3 is 5.11 Å². The largest absolute Gasteiger partial charge is 0.393 e.